The Bertz CT molecular complexity index is 406. The first-order valence-corrected chi connectivity index (χ1v) is 4.72. The van der Waals surface area contributed by atoms with Crippen LogP contribution in [0.3, 0.4) is 0 Å². The molecule has 0 aromatic heterocycles. The molecular formula is C10H12N2O4. The van der Waals surface area contributed by atoms with Crippen molar-refractivity contribution in [2.75, 3.05) is 13.4 Å². The van der Waals surface area contributed by atoms with E-state index in [9.17, 15) is 0 Å². The molecule has 0 amide bonds. The third kappa shape index (κ3) is 2.34. The molecule has 1 heterocycles. The van der Waals surface area contributed by atoms with Crippen LogP contribution in [0, 0.1) is 0 Å². The molecule has 1 aliphatic heterocycles. The van der Waals surface area contributed by atoms with Gasteiger partial charge in [0.2, 0.25) is 6.79 Å². The number of oxime groups is 1. The molecule has 6 nitrogen and oxygen atoms in total. The average molecular weight is 224 g/mol. The van der Waals surface area contributed by atoms with Crippen LogP contribution in [0.2, 0.25) is 0 Å². The number of fused-ring (bicyclic) bond motifs is 1. The third-order valence-electron chi connectivity index (χ3n) is 2.08. The summed E-state index contributed by atoms with van der Waals surface area (Å²) >= 11 is 0. The van der Waals surface area contributed by atoms with Crippen molar-refractivity contribution >= 4 is 5.84 Å². The maximum atomic E-state index is 8.31. The summed E-state index contributed by atoms with van der Waals surface area (Å²) in [4.78, 5) is 0. The zero-order valence-corrected chi connectivity index (χ0v) is 8.55. The van der Waals surface area contributed by atoms with Gasteiger partial charge in [-0.2, -0.15) is 0 Å². The minimum Gasteiger partial charge on any atom is -0.454 e. The summed E-state index contributed by atoms with van der Waals surface area (Å²) in [6, 6.07) is 5.54. The van der Waals surface area contributed by atoms with Crippen LogP contribution in [0.5, 0.6) is 11.5 Å². The summed E-state index contributed by atoms with van der Waals surface area (Å²) in [5.41, 5.74) is 6.20. The van der Waals surface area contributed by atoms with E-state index in [0.717, 1.165) is 11.3 Å². The van der Waals surface area contributed by atoms with E-state index in [1.165, 1.54) is 0 Å². The molecule has 1 aliphatic rings. The van der Waals surface area contributed by atoms with Gasteiger partial charge in [-0.25, -0.2) is 0 Å². The third-order valence-corrected chi connectivity index (χ3v) is 2.08. The Balaban J connectivity index is 1.90. The second-order valence-corrected chi connectivity index (χ2v) is 3.27. The standard InChI is InChI=1S/C10H12N2O4/c11-10(12-13)5-14-4-7-1-2-8-9(3-7)16-6-15-8/h1-3,13H,4-6H2,(H2,11,12). The van der Waals surface area contributed by atoms with E-state index in [1.54, 1.807) is 0 Å². The molecule has 16 heavy (non-hydrogen) atoms. The fraction of sp³-hybridized carbons (Fsp3) is 0.300. The Labute approximate surface area is 92.2 Å². The number of benzene rings is 1. The molecule has 0 radical (unpaired) electrons. The zero-order valence-electron chi connectivity index (χ0n) is 8.55. The molecule has 0 unspecified atom stereocenters. The smallest absolute Gasteiger partial charge is 0.231 e. The quantitative estimate of drug-likeness (QED) is 0.340. The summed E-state index contributed by atoms with van der Waals surface area (Å²) in [5, 5.41) is 11.1. The summed E-state index contributed by atoms with van der Waals surface area (Å²) in [6.45, 7) is 0.710. The molecule has 0 spiro atoms. The molecule has 1 aromatic rings. The maximum absolute atomic E-state index is 8.31. The topological polar surface area (TPSA) is 86.3 Å². The highest BCUT2D eigenvalue weighted by Crippen LogP contribution is 2.32. The molecule has 0 fully saturated rings. The van der Waals surface area contributed by atoms with Crippen LogP contribution in [-0.2, 0) is 11.3 Å². The Kier molecular flexibility index (Phi) is 3.11. The lowest BCUT2D eigenvalue weighted by atomic mass is 10.2. The molecule has 1 aromatic carbocycles. The number of rotatable bonds is 4. The molecular weight excluding hydrogens is 212 g/mol. The van der Waals surface area contributed by atoms with Crippen LogP contribution in [0.1, 0.15) is 5.56 Å². The van der Waals surface area contributed by atoms with E-state index in [2.05, 4.69) is 5.16 Å². The number of nitrogens with zero attached hydrogens (tertiary/aromatic N) is 1. The Morgan fingerprint density at radius 3 is 3.06 bits per heavy atom. The SMILES string of the molecule is N/C(COCc1ccc2c(c1)OCO2)=N\O. The summed E-state index contributed by atoms with van der Waals surface area (Å²) in [7, 11) is 0. The number of hydrogen-bond acceptors (Lipinski definition) is 5. The van der Waals surface area contributed by atoms with Gasteiger partial charge in [-0.1, -0.05) is 11.2 Å². The first-order valence-electron chi connectivity index (χ1n) is 4.72. The summed E-state index contributed by atoms with van der Waals surface area (Å²) < 4.78 is 15.6. The van der Waals surface area contributed by atoms with Gasteiger partial charge in [-0.3, -0.25) is 0 Å². The van der Waals surface area contributed by atoms with Crippen LogP contribution < -0.4 is 15.2 Å². The molecule has 86 valence electrons. The monoisotopic (exact) mass is 224 g/mol. The predicted molar refractivity (Wildman–Crippen MR) is 55.6 cm³/mol. The Hall–Kier alpha value is -1.95. The fourth-order valence-corrected chi connectivity index (χ4v) is 1.33. The van der Waals surface area contributed by atoms with Crippen LogP contribution in [0.15, 0.2) is 23.4 Å². The van der Waals surface area contributed by atoms with E-state index >= 15 is 0 Å². The van der Waals surface area contributed by atoms with Crippen molar-refractivity contribution < 1.29 is 19.4 Å². The van der Waals surface area contributed by atoms with E-state index in [0.29, 0.717) is 12.4 Å². The Morgan fingerprint density at radius 2 is 2.25 bits per heavy atom. The van der Waals surface area contributed by atoms with Gasteiger partial charge in [0, 0.05) is 0 Å². The highest BCUT2D eigenvalue weighted by Gasteiger charge is 2.12. The summed E-state index contributed by atoms with van der Waals surface area (Å²) in [5.74, 6) is 1.49. The van der Waals surface area contributed by atoms with Crippen molar-refractivity contribution in [2.24, 2.45) is 10.9 Å². The van der Waals surface area contributed by atoms with Gasteiger partial charge >= 0.3 is 0 Å². The van der Waals surface area contributed by atoms with Crippen molar-refractivity contribution in [3.8, 4) is 11.5 Å². The van der Waals surface area contributed by atoms with E-state index in [-0.39, 0.29) is 19.2 Å². The second-order valence-electron chi connectivity index (χ2n) is 3.27. The van der Waals surface area contributed by atoms with Gasteiger partial charge in [0.15, 0.2) is 17.3 Å². The maximum Gasteiger partial charge on any atom is 0.231 e. The van der Waals surface area contributed by atoms with Gasteiger partial charge in [-0.05, 0) is 17.7 Å². The lowest BCUT2D eigenvalue weighted by Crippen LogP contribution is -2.18. The number of hydrogen-bond donors (Lipinski definition) is 2. The highest BCUT2D eigenvalue weighted by atomic mass is 16.7. The fourth-order valence-electron chi connectivity index (χ4n) is 1.33. The van der Waals surface area contributed by atoms with E-state index in [4.69, 9.17) is 25.2 Å². The van der Waals surface area contributed by atoms with Gasteiger partial charge in [0.25, 0.3) is 0 Å². The zero-order chi connectivity index (χ0) is 11.4. The van der Waals surface area contributed by atoms with Gasteiger partial charge in [0.05, 0.1) is 6.61 Å². The van der Waals surface area contributed by atoms with Crippen LogP contribution in [-0.4, -0.2) is 24.4 Å². The van der Waals surface area contributed by atoms with Crippen molar-refractivity contribution in [2.45, 2.75) is 6.61 Å². The normalized spacial score (nSPS) is 14.1. The minimum atomic E-state index is 0.0424. The minimum absolute atomic E-state index is 0.0424. The molecule has 2 rings (SSSR count). The lowest BCUT2D eigenvalue weighted by Gasteiger charge is -2.04. The predicted octanol–water partition coefficient (Wildman–Crippen LogP) is 0.678. The van der Waals surface area contributed by atoms with E-state index in [1.807, 2.05) is 18.2 Å². The molecule has 0 saturated heterocycles. The molecule has 6 heteroatoms. The van der Waals surface area contributed by atoms with Crippen molar-refractivity contribution in [3.05, 3.63) is 23.8 Å². The first-order chi connectivity index (χ1) is 7.79. The van der Waals surface area contributed by atoms with Crippen molar-refractivity contribution in [1.29, 1.82) is 0 Å². The van der Waals surface area contributed by atoms with Gasteiger partial charge in [0.1, 0.15) is 6.61 Å². The lowest BCUT2D eigenvalue weighted by molar-refractivity contribution is 0.154. The number of nitrogens with two attached hydrogens (primary N) is 1. The van der Waals surface area contributed by atoms with Gasteiger partial charge in [-0.15, -0.1) is 0 Å². The largest absolute Gasteiger partial charge is 0.454 e. The van der Waals surface area contributed by atoms with Crippen molar-refractivity contribution in [3.63, 3.8) is 0 Å². The number of ether oxygens (including phenoxy) is 3. The van der Waals surface area contributed by atoms with Crippen molar-refractivity contribution in [1.82, 2.24) is 0 Å². The average Bonchev–Trinajstić information content (AvgIpc) is 2.76. The molecule has 0 atom stereocenters. The molecule has 3 N–H and O–H groups in total. The first kappa shape index (κ1) is 10.6. The Morgan fingerprint density at radius 1 is 1.44 bits per heavy atom. The van der Waals surface area contributed by atoms with Crippen LogP contribution in [0.25, 0.3) is 0 Å². The van der Waals surface area contributed by atoms with E-state index < -0.39 is 0 Å². The highest BCUT2D eigenvalue weighted by molar-refractivity contribution is 5.80. The van der Waals surface area contributed by atoms with Gasteiger partial charge < -0.3 is 25.2 Å². The summed E-state index contributed by atoms with van der Waals surface area (Å²) in [6.07, 6.45) is 0. The molecule has 0 aliphatic carbocycles. The molecule has 0 saturated carbocycles. The molecule has 0 bridgehead atoms. The number of amidine groups is 1. The van der Waals surface area contributed by atoms with Crippen LogP contribution >= 0.6 is 0 Å². The second kappa shape index (κ2) is 4.71. The van der Waals surface area contributed by atoms with Crippen LogP contribution in [0.4, 0.5) is 0 Å².